The number of nitrogens with one attached hydrogen (secondary N) is 1. The molecule has 0 aliphatic carbocycles. The molecule has 132 valence electrons. The van der Waals surface area contributed by atoms with E-state index in [-0.39, 0.29) is 17.2 Å². The monoisotopic (exact) mass is 359 g/mol. The molecule has 2 aromatic rings. The molecule has 1 unspecified atom stereocenters. The van der Waals surface area contributed by atoms with Crippen LogP contribution >= 0.6 is 12.6 Å². The molecule has 1 atom stereocenters. The highest BCUT2D eigenvalue weighted by molar-refractivity contribution is 7.81. The molecule has 0 saturated carbocycles. The zero-order chi connectivity index (χ0) is 18.4. The standard InChI is InChI=1S/C18H21N3O3S/c1-11-2-4-12(5-3-11)10-21-18(23)14-8-13(6-7-15(14)24-20)9-16(25)17(19)22/h2-8,16,25H,9-10,20H2,1H3,(H2,19,22)(H,21,23). The number of carbonyl (C=O) groups excluding carboxylic acids is 2. The average Bonchev–Trinajstić information content (AvgIpc) is 2.60. The van der Waals surface area contributed by atoms with Crippen LogP contribution in [0.3, 0.4) is 0 Å². The van der Waals surface area contributed by atoms with E-state index in [1.165, 1.54) is 0 Å². The lowest BCUT2D eigenvalue weighted by atomic mass is 10.0. The summed E-state index contributed by atoms with van der Waals surface area (Å²) in [7, 11) is 0. The minimum atomic E-state index is -0.631. The molecule has 5 N–H and O–H groups in total. The molecule has 0 radical (unpaired) electrons. The van der Waals surface area contributed by atoms with Gasteiger partial charge in [-0.1, -0.05) is 35.9 Å². The third kappa shape index (κ3) is 5.23. The Balaban J connectivity index is 2.13. The quantitative estimate of drug-likeness (QED) is 0.444. The smallest absolute Gasteiger partial charge is 0.255 e. The maximum Gasteiger partial charge on any atom is 0.255 e. The molecule has 0 fully saturated rings. The molecule has 2 amide bonds. The van der Waals surface area contributed by atoms with E-state index in [2.05, 4.69) is 17.9 Å². The number of hydrogen-bond donors (Lipinski definition) is 4. The molecule has 0 heterocycles. The average molecular weight is 359 g/mol. The molecule has 2 aromatic carbocycles. The van der Waals surface area contributed by atoms with Crippen LogP contribution in [0.25, 0.3) is 0 Å². The molecular weight excluding hydrogens is 338 g/mol. The van der Waals surface area contributed by atoms with Crippen LogP contribution in [0.5, 0.6) is 5.75 Å². The molecule has 0 bridgehead atoms. The van der Waals surface area contributed by atoms with E-state index in [4.69, 9.17) is 16.5 Å². The zero-order valence-electron chi connectivity index (χ0n) is 13.9. The van der Waals surface area contributed by atoms with Gasteiger partial charge in [-0.2, -0.15) is 18.5 Å². The molecule has 0 aliphatic heterocycles. The number of benzene rings is 2. The Morgan fingerprint density at radius 2 is 1.80 bits per heavy atom. The van der Waals surface area contributed by atoms with E-state index in [1.807, 2.05) is 31.2 Å². The first-order valence-corrected chi connectivity index (χ1v) is 8.23. The number of nitrogens with two attached hydrogens (primary N) is 2. The molecule has 6 nitrogen and oxygen atoms in total. The highest BCUT2D eigenvalue weighted by Crippen LogP contribution is 2.21. The van der Waals surface area contributed by atoms with Crippen LogP contribution in [0.1, 0.15) is 27.0 Å². The Labute approximate surface area is 151 Å². The van der Waals surface area contributed by atoms with Crippen LogP contribution in [-0.4, -0.2) is 17.1 Å². The number of primary amides is 1. The number of hydrogen-bond acceptors (Lipinski definition) is 5. The summed E-state index contributed by atoms with van der Waals surface area (Å²) in [5.74, 6) is 4.65. The summed E-state index contributed by atoms with van der Waals surface area (Å²) in [6.45, 7) is 2.38. The second-order valence-electron chi connectivity index (χ2n) is 5.74. The number of amides is 2. The van der Waals surface area contributed by atoms with Crippen molar-refractivity contribution >= 4 is 24.4 Å². The minimum Gasteiger partial charge on any atom is -0.411 e. The largest absolute Gasteiger partial charge is 0.411 e. The Bertz CT molecular complexity index is 763. The topological polar surface area (TPSA) is 107 Å². The Morgan fingerprint density at radius 1 is 1.16 bits per heavy atom. The molecule has 0 aliphatic rings. The molecule has 0 saturated heterocycles. The van der Waals surface area contributed by atoms with Gasteiger partial charge in [0.25, 0.3) is 5.91 Å². The first-order chi connectivity index (χ1) is 11.9. The highest BCUT2D eigenvalue weighted by atomic mass is 32.1. The summed E-state index contributed by atoms with van der Waals surface area (Å²) in [6, 6.07) is 12.8. The van der Waals surface area contributed by atoms with Gasteiger partial charge in [0.2, 0.25) is 5.91 Å². The first kappa shape index (κ1) is 18.8. The highest BCUT2D eigenvalue weighted by Gasteiger charge is 2.16. The fourth-order valence-corrected chi connectivity index (χ4v) is 2.50. The summed E-state index contributed by atoms with van der Waals surface area (Å²) in [5.41, 5.74) is 8.38. The van der Waals surface area contributed by atoms with Crippen molar-refractivity contribution < 1.29 is 14.4 Å². The third-order valence-electron chi connectivity index (χ3n) is 3.75. The molecule has 25 heavy (non-hydrogen) atoms. The van der Waals surface area contributed by atoms with Crippen molar-refractivity contribution in [1.29, 1.82) is 0 Å². The van der Waals surface area contributed by atoms with Crippen LogP contribution in [-0.2, 0) is 17.8 Å². The van der Waals surface area contributed by atoms with Crippen LogP contribution in [0.4, 0.5) is 0 Å². The van der Waals surface area contributed by atoms with Gasteiger partial charge in [-0.15, -0.1) is 0 Å². The van der Waals surface area contributed by atoms with Crippen LogP contribution in [0.15, 0.2) is 42.5 Å². The Morgan fingerprint density at radius 3 is 2.40 bits per heavy atom. The van der Waals surface area contributed by atoms with Gasteiger partial charge in [0.15, 0.2) is 5.75 Å². The molecule has 7 heteroatoms. The van der Waals surface area contributed by atoms with E-state index >= 15 is 0 Å². The van der Waals surface area contributed by atoms with E-state index in [1.54, 1.807) is 18.2 Å². The summed E-state index contributed by atoms with van der Waals surface area (Å²) < 4.78 is 0. The first-order valence-electron chi connectivity index (χ1n) is 7.71. The van der Waals surface area contributed by atoms with Crippen LogP contribution < -0.4 is 21.8 Å². The molecule has 2 rings (SSSR count). The van der Waals surface area contributed by atoms with Crippen LogP contribution in [0, 0.1) is 6.92 Å². The second-order valence-corrected chi connectivity index (χ2v) is 6.36. The van der Waals surface area contributed by atoms with Crippen molar-refractivity contribution in [1.82, 2.24) is 5.32 Å². The SMILES string of the molecule is Cc1ccc(CNC(=O)c2cc(CC(S)C(N)=O)ccc2ON)cc1. The second kappa shape index (κ2) is 8.55. The maximum absolute atomic E-state index is 12.5. The van der Waals surface area contributed by atoms with Gasteiger partial charge in [0.1, 0.15) is 0 Å². The van der Waals surface area contributed by atoms with Crippen molar-refractivity contribution in [3.63, 3.8) is 0 Å². The summed E-state index contributed by atoms with van der Waals surface area (Å²) in [4.78, 5) is 28.4. The van der Waals surface area contributed by atoms with Crippen molar-refractivity contribution in [3.8, 4) is 5.75 Å². The fraction of sp³-hybridized carbons (Fsp3) is 0.222. The van der Waals surface area contributed by atoms with Gasteiger partial charge < -0.3 is 15.9 Å². The fourth-order valence-electron chi connectivity index (χ4n) is 2.29. The normalized spacial score (nSPS) is 11.6. The molecule has 0 aromatic heterocycles. The summed E-state index contributed by atoms with van der Waals surface area (Å²) >= 11 is 4.14. The lowest BCUT2D eigenvalue weighted by Gasteiger charge is -2.12. The molecule has 0 spiro atoms. The van der Waals surface area contributed by atoms with Gasteiger partial charge in [-0.25, -0.2) is 0 Å². The van der Waals surface area contributed by atoms with Gasteiger partial charge in [0, 0.05) is 6.54 Å². The predicted octanol–water partition coefficient (Wildman–Crippen LogP) is 1.50. The lowest BCUT2D eigenvalue weighted by molar-refractivity contribution is -0.117. The number of carbonyl (C=O) groups is 2. The van der Waals surface area contributed by atoms with E-state index in [0.29, 0.717) is 13.0 Å². The van der Waals surface area contributed by atoms with Crippen molar-refractivity contribution in [2.24, 2.45) is 11.6 Å². The number of rotatable bonds is 7. The third-order valence-corrected chi connectivity index (χ3v) is 4.18. The maximum atomic E-state index is 12.5. The van der Waals surface area contributed by atoms with Crippen molar-refractivity contribution in [3.05, 3.63) is 64.7 Å². The van der Waals surface area contributed by atoms with Gasteiger partial charge >= 0.3 is 0 Å². The minimum absolute atomic E-state index is 0.250. The van der Waals surface area contributed by atoms with E-state index in [9.17, 15) is 9.59 Å². The number of thiol groups is 1. The van der Waals surface area contributed by atoms with Crippen LogP contribution in [0.2, 0.25) is 0 Å². The van der Waals surface area contributed by atoms with Crippen molar-refractivity contribution in [2.75, 3.05) is 0 Å². The Kier molecular flexibility index (Phi) is 6.44. The van der Waals surface area contributed by atoms with E-state index in [0.717, 1.165) is 16.7 Å². The van der Waals surface area contributed by atoms with Gasteiger partial charge in [0.05, 0.1) is 10.8 Å². The predicted molar refractivity (Wildman–Crippen MR) is 99.3 cm³/mol. The number of aryl methyl sites for hydroxylation is 1. The molecular formula is C18H21N3O3S. The Hall–Kier alpha value is -2.51. The van der Waals surface area contributed by atoms with Gasteiger partial charge in [-0.3, -0.25) is 9.59 Å². The van der Waals surface area contributed by atoms with Gasteiger partial charge in [-0.05, 0) is 36.6 Å². The summed E-state index contributed by atoms with van der Waals surface area (Å²) in [6.07, 6.45) is 0.307. The summed E-state index contributed by atoms with van der Waals surface area (Å²) in [5, 5.41) is 2.20. The zero-order valence-corrected chi connectivity index (χ0v) is 14.8. The lowest BCUT2D eigenvalue weighted by Crippen LogP contribution is -2.26. The van der Waals surface area contributed by atoms with E-state index < -0.39 is 11.2 Å². The van der Waals surface area contributed by atoms with Crippen molar-refractivity contribution in [2.45, 2.75) is 25.1 Å².